The van der Waals surface area contributed by atoms with Crippen LogP contribution >= 0.6 is 23.5 Å². The van der Waals surface area contributed by atoms with Gasteiger partial charge in [0.15, 0.2) is 0 Å². The van der Waals surface area contributed by atoms with Crippen LogP contribution in [-0.2, 0) is 59.4 Å². The molecule has 0 spiro atoms. The minimum absolute atomic E-state index is 0.0638. The maximum atomic E-state index is 12.7. The number of carbonyl (C=O) groups is 2. The Labute approximate surface area is 241 Å². The van der Waals surface area contributed by atoms with Gasteiger partial charge in [-0.2, -0.15) is 16.8 Å². The zero-order valence-electron chi connectivity index (χ0n) is 21.6. The van der Waals surface area contributed by atoms with Crippen molar-refractivity contribution in [2.75, 3.05) is 20.0 Å². The van der Waals surface area contributed by atoms with Crippen LogP contribution in [0, 0.1) is 6.92 Å². The van der Waals surface area contributed by atoms with Crippen molar-refractivity contribution >= 4 is 65.8 Å². The molecule has 0 aromatic heterocycles. The summed E-state index contributed by atoms with van der Waals surface area (Å²) < 4.78 is 69.1. The largest absolute Gasteiger partial charge is 0.464 e. The minimum Gasteiger partial charge on any atom is -0.464 e. The van der Waals surface area contributed by atoms with Crippen LogP contribution in [-0.4, -0.2) is 58.8 Å². The number of thioether (sulfide) groups is 2. The quantitative estimate of drug-likeness (QED) is 0.0889. The highest BCUT2D eigenvalue weighted by molar-refractivity contribution is 8.16. The molecule has 0 atom stereocenters. The molecule has 216 valence electrons. The topological polar surface area (TPSA) is 164 Å². The first kappa shape index (κ1) is 32.9. The Morgan fingerprint density at radius 2 is 1.30 bits per heavy atom. The molecule has 2 aromatic rings. The van der Waals surface area contributed by atoms with Gasteiger partial charge in [-0.3, -0.25) is 8.57 Å². The fraction of sp³-hybridized carbons (Fsp3) is 0.250. The van der Waals surface area contributed by atoms with E-state index in [2.05, 4.69) is 30.6 Å². The predicted octanol–water partition coefficient (Wildman–Crippen LogP) is 3.37. The molecule has 0 saturated heterocycles. The molecule has 0 amide bonds. The molecule has 40 heavy (non-hydrogen) atoms. The Bertz CT molecular complexity index is 1490. The molecule has 2 aromatic carbocycles. The summed E-state index contributed by atoms with van der Waals surface area (Å²) in [6.07, 6.45) is 1.47. The van der Waals surface area contributed by atoms with Gasteiger partial charge in [-0.1, -0.05) is 81.9 Å². The molecule has 0 heterocycles. The summed E-state index contributed by atoms with van der Waals surface area (Å²) in [5.41, 5.74) is 1.11. The summed E-state index contributed by atoms with van der Waals surface area (Å²) in [6.45, 7) is 5.38. The molecule has 0 fully saturated rings. The number of ether oxygens (including phenoxy) is 2. The predicted molar refractivity (Wildman–Crippen MR) is 152 cm³/mol. The fourth-order valence-electron chi connectivity index (χ4n) is 2.70. The van der Waals surface area contributed by atoms with Crippen LogP contribution < -0.4 is 0 Å². The van der Waals surface area contributed by atoms with E-state index in [0.29, 0.717) is 4.90 Å². The van der Waals surface area contributed by atoms with Crippen molar-refractivity contribution in [3.8, 4) is 0 Å². The van der Waals surface area contributed by atoms with Gasteiger partial charge in [-0.05, 0) is 30.2 Å². The molecule has 16 heteroatoms. The van der Waals surface area contributed by atoms with Crippen LogP contribution in [0.3, 0.4) is 0 Å². The first-order valence-electron chi connectivity index (χ1n) is 11.1. The van der Waals surface area contributed by atoms with Crippen molar-refractivity contribution in [3.63, 3.8) is 0 Å². The van der Waals surface area contributed by atoms with Crippen LogP contribution in [0.15, 0.2) is 76.4 Å². The fourth-order valence-corrected chi connectivity index (χ4v) is 5.91. The number of aryl methyl sites for hydroxylation is 1. The van der Waals surface area contributed by atoms with E-state index < -0.39 is 43.7 Å². The van der Waals surface area contributed by atoms with Gasteiger partial charge in [0, 0.05) is 10.6 Å². The van der Waals surface area contributed by atoms with Crippen molar-refractivity contribution in [2.24, 2.45) is 10.3 Å². The lowest BCUT2D eigenvalue weighted by molar-refractivity contribution is -0.133. The molecule has 0 unspecified atom stereocenters. The standard InChI is InChI=1S/C24H26N2O10S4/c1-5-14-37-21(23(27)33-3)25-35-39(29,30)15-18-8-6-7-9-19(18)16-40(31,32)36-26-22(24(28)34-4)38-20-12-10-17(2)11-13-20/h5-13H,1,14-16H2,2-4H3/b25-21+,26-22+. The molecule has 0 aliphatic carbocycles. The summed E-state index contributed by atoms with van der Waals surface area (Å²) in [4.78, 5) is 24.5. The summed E-state index contributed by atoms with van der Waals surface area (Å²) in [5.74, 6) is -3.14. The minimum atomic E-state index is -4.44. The maximum absolute atomic E-state index is 12.7. The Morgan fingerprint density at radius 1 is 0.825 bits per heavy atom. The molecular weight excluding hydrogens is 605 g/mol. The Hall–Kier alpha value is -3.34. The number of nitrogens with zero attached hydrogens (tertiary/aromatic N) is 2. The van der Waals surface area contributed by atoms with E-state index in [4.69, 9.17) is 4.28 Å². The van der Waals surface area contributed by atoms with Crippen LogP contribution in [0.25, 0.3) is 0 Å². The third-order valence-electron chi connectivity index (χ3n) is 4.54. The normalized spacial score (nSPS) is 12.4. The third kappa shape index (κ3) is 11.0. The number of rotatable bonds is 11. The van der Waals surface area contributed by atoms with Crippen LogP contribution in [0.5, 0.6) is 0 Å². The first-order valence-corrected chi connectivity index (χ1v) is 16.1. The highest BCUT2D eigenvalue weighted by atomic mass is 32.2. The number of oxime groups is 2. The maximum Gasteiger partial charge on any atom is 0.367 e. The van der Waals surface area contributed by atoms with E-state index in [0.717, 1.165) is 43.3 Å². The number of carbonyl (C=O) groups excluding carboxylic acids is 2. The Morgan fingerprint density at radius 3 is 1.77 bits per heavy atom. The number of hydrogen-bond acceptors (Lipinski definition) is 14. The molecular formula is C24H26N2O10S4. The van der Waals surface area contributed by atoms with E-state index in [-0.39, 0.29) is 27.0 Å². The van der Waals surface area contributed by atoms with Gasteiger partial charge in [0.2, 0.25) is 10.1 Å². The van der Waals surface area contributed by atoms with Gasteiger partial charge < -0.3 is 9.47 Å². The number of benzene rings is 2. The van der Waals surface area contributed by atoms with Gasteiger partial charge in [0.1, 0.15) is 11.5 Å². The lowest BCUT2D eigenvalue weighted by Gasteiger charge is -2.10. The van der Waals surface area contributed by atoms with E-state index >= 15 is 0 Å². The van der Waals surface area contributed by atoms with Crippen molar-refractivity contribution in [2.45, 2.75) is 23.3 Å². The molecule has 12 nitrogen and oxygen atoms in total. The molecule has 0 N–H and O–H groups in total. The Balaban J connectivity index is 2.21. The first-order chi connectivity index (χ1) is 18.9. The molecule has 0 saturated carbocycles. The summed E-state index contributed by atoms with van der Waals surface area (Å²) in [5, 5.41) is 6.15. The second-order valence-corrected chi connectivity index (χ2v) is 12.8. The van der Waals surface area contributed by atoms with E-state index in [1.807, 2.05) is 6.92 Å². The molecule has 0 bridgehead atoms. The monoisotopic (exact) mass is 630 g/mol. The SMILES string of the molecule is C=CCS/C(=N/OS(=O)(=O)Cc1ccccc1CS(=O)(=O)O/N=C(/Sc1ccc(C)cc1)C(=O)OC)C(=O)OC. The van der Waals surface area contributed by atoms with Gasteiger partial charge in [0.25, 0.3) is 0 Å². The van der Waals surface area contributed by atoms with Gasteiger partial charge in [-0.25, -0.2) is 9.59 Å². The Kier molecular flexibility index (Phi) is 12.7. The highest BCUT2D eigenvalue weighted by Gasteiger charge is 2.23. The van der Waals surface area contributed by atoms with Crippen molar-refractivity contribution in [1.29, 1.82) is 0 Å². The van der Waals surface area contributed by atoms with Crippen LogP contribution in [0.4, 0.5) is 0 Å². The van der Waals surface area contributed by atoms with Crippen molar-refractivity contribution < 1.29 is 44.5 Å². The van der Waals surface area contributed by atoms with Gasteiger partial charge in [0.05, 0.1) is 14.2 Å². The van der Waals surface area contributed by atoms with Crippen LogP contribution in [0.2, 0.25) is 0 Å². The lowest BCUT2D eigenvalue weighted by Crippen LogP contribution is -2.16. The number of methoxy groups -OCH3 is 2. The number of esters is 2. The average Bonchev–Trinajstić information content (AvgIpc) is 2.92. The summed E-state index contributed by atoms with van der Waals surface area (Å²) in [7, 11) is -6.66. The highest BCUT2D eigenvalue weighted by Crippen LogP contribution is 2.23. The van der Waals surface area contributed by atoms with Crippen molar-refractivity contribution in [3.05, 3.63) is 77.9 Å². The van der Waals surface area contributed by atoms with Crippen molar-refractivity contribution in [1.82, 2.24) is 0 Å². The van der Waals surface area contributed by atoms with E-state index in [9.17, 15) is 26.4 Å². The molecule has 0 aliphatic rings. The summed E-state index contributed by atoms with van der Waals surface area (Å²) >= 11 is 1.69. The van der Waals surface area contributed by atoms with E-state index in [1.54, 1.807) is 24.3 Å². The molecule has 0 aliphatic heterocycles. The average molecular weight is 631 g/mol. The molecule has 0 radical (unpaired) electrons. The van der Waals surface area contributed by atoms with Crippen LogP contribution in [0.1, 0.15) is 16.7 Å². The zero-order chi connectivity index (χ0) is 29.8. The third-order valence-corrected chi connectivity index (χ3v) is 8.34. The van der Waals surface area contributed by atoms with Gasteiger partial charge >= 0.3 is 32.2 Å². The molecule has 2 rings (SSSR count). The zero-order valence-corrected chi connectivity index (χ0v) is 24.9. The smallest absolute Gasteiger partial charge is 0.367 e. The number of hydrogen-bond donors (Lipinski definition) is 0. The van der Waals surface area contributed by atoms with Gasteiger partial charge in [-0.15, -0.1) is 6.58 Å². The second-order valence-electron chi connectivity index (χ2n) is 7.61. The summed E-state index contributed by atoms with van der Waals surface area (Å²) in [6, 6.07) is 12.8. The second kappa shape index (κ2) is 15.4. The lowest BCUT2D eigenvalue weighted by atomic mass is 10.1. The van der Waals surface area contributed by atoms with E-state index in [1.165, 1.54) is 30.3 Å².